The van der Waals surface area contributed by atoms with Crippen LogP contribution in [0, 0.1) is 5.82 Å². The number of carbonyl (C=O) groups excluding carboxylic acids is 2. The molecule has 3 aromatic rings. The summed E-state index contributed by atoms with van der Waals surface area (Å²) in [6.07, 6.45) is -0.731. The minimum atomic E-state index is -0.731. The molecule has 0 aromatic heterocycles. The lowest BCUT2D eigenvalue weighted by molar-refractivity contribution is -0.165. The lowest BCUT2D eigenvalue weighted by Gasteiger charge is -2.47. The van der Waals surface area contributed by atoms with E-state index in [1.165, 1.54) is 19.2 Å². The lowest BCUT2D eigenvalue weighted by Crippen LogP contribution is -2.60. The highest BCUT2D eigenvalue weighted by molar-refractivity contribution is 6.30. The van der Waals surface area contributed by atoms with E-state index in [0.717, 1.165) is 11.1 Å². The number of nitrogens with zero attached hydrogens (tertiary/aromatic N) is 1. The van der Waals surface area contributed by atoms with Gasteiger partial charge in [0.2, 0.25) is 6.10 Å². The molecule has 31 heavy (non-hydrogen) atoms. The van der Waals surface area contributed by atoms with Crippen molar-refractivity contribution in [3.05, 3.63) is 100 Å². The number of ether oxygens (including phenoxy) is 2. The van der Waals surface area contributed by atoms with Crippen molar-refractivity contribution < 1.29 is 23.5 Å². The summed E-state index contributed by atoms with van der Waals surface area (Å²) in [5.74, 6) is -0.423. The van der Waals surface area contributed by atoms with Crippen molar-refractivity contribution in [2.24, 2.45) is 0 Å². The Bertz CT molecular complexity index is 1030. The first-order valence-corrected chi connectivity index (χ1v) is 9.99. The third kappa shape index (κ3) is 4.39. The summed E-state index contributed by atoms with van der Waals surface area (Å²) >= 11 is 5.93. The zero-order valence-corrected chi connectivity index (χ0v) is 17.4. The molecular weight excluding hydrogens is 421 g/mol. The van der Waals surface area contributed by atoms with Crippen molar-refractivity contribution >= 4 is 23.5 Å². The van der Waals surface area contributed by atoms with Gasteiger partial charge in [-0.05, 0) is 59.7 Å². The topological polar surface area (TPSA) is 55.8 Å². The molecule has 1 aliphatic heterocycles. The van der Waals surface area contributed by atoms with Crippen molar-refractivity contribution in [1.82, 2.24) is 4.90 Å². The maximum atomic E-state index is 13.3. The number of esters is 1. The first kappa shape index (κ1) is 20.9. The summed E-state index contributed by atoms with van der Waals surface area (Å²) in [4.78, 5) is 26.3. The molecule has 0 unspecified atom stereocenters. The molecule has 5 nitrogen and oxygen atoms in total. The summed E-state index contributed by atoms with van der Waals surface area (Å²) in [7, 11) is 1.32. The second-order valence-corrected chi connectivity index (χ2v) is 7.58. The molecule has 0 aliphatic carbocycles. The van der Waals surface area contributed by atoms with Gasteiger partial charge >= 0.3 is 5.97 Å². The first-order valence-electron chi connectivity index (χ1n) is 9.61. The molecular formula is C24H19ClFNO4. The molecule has 2 atom stereocenters. The van der Waals surface area contributed by atoms with E-state index in [1.807, 2.05) is 0 Å². The maximum Gasteiger partial charge on any atom is 0.337 e. The number of methoxy groups -OCH3 is 1. The normalized spacial score (nSPS) is 17.8. The van der Waals surface area contributed by atoms with Gasteiger partial charge in [0, 0.05) is 11.6 Å². The Balaban J connectivity index is 1.61. The Morgan fingerprint density at radius 3 is 2.26 bits per heavy atom. The highest BCUT2D eigenvalue weighted by atomic mass is 35.5. The quantitative estimate of drug-likeness (QED) is 0.409. The molecule has 1 saturated heterocycles. The molecule has 1 heterocycles. The van der Waals surface area contributed by atoms with Crippen LogP contribution in [0.3, 0.4) is 0 Å². The van der Waals surface area contributed by atoms with Gasteiger partial charge in [-0.2, -0.15) is 0 Å². The van der Waals surface area contributed by atoms with E-state index < -0.39 is 12.1 Å². The zero-order chi connectivity index (χ0) is 22.0. The number of amides is 1. The van der Waals surface area contributed by atoms with Crippen LogP contribution < -0.4 is 4.74 Å². The molecule has 0 bridgehead atoms. The SMILES string of the molecule is COC(=O)c1ccc([C@H]2[C@H](Oc3ccc(Cl)cc3)C(=O)N2Cc2ccc(F)cc2)cc1. The van der Waals surface area contributed by atoms with Crippen LogP contribution in [0.2, 0.25) is 5.02 Å². The van der Waals surface area contributed by atoms with Gasteiger partial charge in [0.05, 0.1) is 12.7 Å². The average Bonchev–Trinajstić information content (AvgIpc) is 2.80. The summed E-state index contributed by atoms with van der Waals surface area (Å²) < 4.78 is 24.0. The van der Waals surface area contributed by atoms with Crippen molar-refractivity contribution in [2.45, 2.75) is 18.7 Å². The Kier molecular flexibility index (Phi) is 5.91. The van der Waals surface area contributed by atoms with E-state index >= 15 is 0 Å². The maximum absolute atomic E-state index is 13.3. The van der Waals surface area contributed by atoms with Gasteiger partial charge in [0.15, 0.2) is 0 Å². The van der Waals surface area contributed by atoms with Crippen molar-refractivity contribution in [2.75, 3.05) is 7.11 Å². The number of halogens is 2. The Labute approximate surface area is 184 Å². The van der Waals surface area contributed by atoms with E-state index in [2.05, 4.69) is 0 Å². The number of hydrogen-bond acceptors (Lipinski definition) is 4. The third-order valence-electron chi connectivity index (χ3n) is 5.17. The Hall–Kier alpha value is -3.38. The Morgan fingerprint density at radius 1 is 1.00 bits per heavy atom. The second kappa shape index (κ2) is 8.78. The smallest absolute Gasteiger partial charge is 0.337 e. The van der Waals surface area contributed by atoms with Gasteiger partial charge in [0.25, 0.3) is 5.91 Å². The van der Waals surface area contributed by atoms with Crippen LogP contribution in [-0.4, -0.2) is 30.0 Å². The van der Waals surface area contributed by atoms with Gasteiger partial charge in [0.1, 0.15) is 17.6 Å². The fourth-order valence-electron chi connectivity index (χ4n) is 3.54. The van der Waals surface area contributed by atoms with Crippen LogP contribution in [0.25, 0.3) is 0 Å². The zero-order valence-electron chi connectivity index (χ0n) is 16.6. The van der Waals surface area contributed by atoms with E-state index in [0.29, 0.717) is 22.9 Å². The number of rotatable bonds is 6. The monoisotopic (exact) mass is 439 g/mol. The summed E-state index contributed by atoms with van der Waals surface area (Å²) in [6, 6.07) is 19.3. The van der Waals surface area contributed by atoms with Crippen molar-refractivity contribution in [1.29, 1.82) is 0 Å². The number of β-lactam (4-membered cyclic amide) rings is 1. The van der Waals surface area contributed by atoms with Crippen LogP contribution >= 0.6 is 11.6 Å². The van der Waals surface area contributed by atoms with Crippen LogP contribution in [0.15, 0.2) is 72.8 Å². The highest BCUT2D eigenvalue weighted by Crippen LogP contribution is 2.39. The van der Waals surface area contributed by atoms with Crippen LogP contribution in [-0.2, 0) is 16.1 Å². The predicted octanol–water partition coefficient (Wildman–Crippen LogP) is 4.80. The van der Waals surface area contributed by atoms with Crippen molar-refractivity contribution in [3.8, 4) is 5.75 Å². The van der Waals surface area contributed by atoms with Gasteiger partial charge in [-0.1, -0.05) is 35.9 Å². The highest BCUT2D eigenvalue weighted by Gasteiger charge is 2.50. The van der Waals surface area contributed by atoms with Gasteiger partial charge in [-0.25, -0.2) is 9.18 Å². The number of hydrogen-bond donors (Lipinski definition) is 0. The number of carbonyl (C=O) groups is 2. The van der Waals surface area contributed by atoms with E-state index in [9.17, 15) is 14.0 Å². The van der Waals surface area contributed by atoms with Crippen LogP contribution in [0.5, 0.6) is 5.75 Å². The van der Waals surface area contributed by atoms with E-state index in [-0.39, 0.29) is 17.8 Å². The van der Waals surface area contributed by atoms with Crippen LogP contribution in [0.4, 0.5) is 4.39 Å². The van der Waals surface area contributed by atoms with Crippen molar-refractivity contribution in [3.63, 3.8) is 0 Å². The summed E-state index contributed by atoms with van der Waals surface area (Å²) in [5.41, 5.74) is 2.03. The fourth-order valence-corrected chi connectivity index (χ4v) is 3.67. The summed E-state index contributed by atoms with van der Waals surface area (Å²) in [6.45, 7) is 0.309. The number of likely N-dealkylation sites (tertiary alicyclic amines) is 1. The largest absolute Gasteiger partial charge is 0.478 e. The van der Waals surface area contributed by atoms with Crippen LogP contribution in [0.1, 0.15) is 27.5 Å². The van der Waals surface area contributed by atoms with Gasteiger partial charge in [-0.3, -0.25) is 4.79 Å². The molecule has 1 aliphatic rings. The molecule has 0 radical (unpaired) electrons. The molecule has 3 aromatic carbocycles. The molecule has 0 N–H and O–H groups in total. The third-order valence-corrected chi connectivity index (χ3v) is 5.42. The minimum Gasteiger partial charge on any atom is -0.478 e. The molecule has 1 fully saturated rings. The second-order valence-electron chi connectivity index (χ2n) is 7.14. The number of benzene rings is 3. The predicted molar refractivity (Wildman–Crippen MR) is 113 cm³/mol. The molecule has 7 heteroatoms. The molecule has 0 saturated carbocycles. The van der Waals surface area contributed by atoms with E-state index in [1.54, 1.807) is 65.6 Å². The molecule has 1 amide bonds. The lowest BCUT2D eigenvalue weighted by atomic mass is 9.89. The molecule has 0 spiro atoms. The van der Waals surface area contributed by atoms with E-state index in [4.69, 9.17) is 21.1 Å². The molecule has 158 valence electrons. The first-order chi connectivity index (χ1) is 15.0. The average molecular weight is 440 g/mol. The fraction of sp³-hybridized carbons (Fsp3) is 0.167. The molecule has 4 rings (SSSR count). The Morgan fingerprint density at radius 2 is 1.65 bits per heavy atom. The van der Waals surface area contributed by atoms with Gasteiger partial charge < -0.3 is 14.4 Å². The van der Waals surface area contributed by atoms with Gasteiger partial charge in [-0.15, -0.1) is 0 Å². The summed E-state index contributed by atoms with van der Waals surface area (Å²) in [5, 5.41) is 0.570. The minimum absolute atomic E-state index is 0.179. The standard InChI is InChI=1S/C24H19ClFNO4/c1-30-24(29)17-6-4-16(5-7-17)21-22(31-20-12-8-18(25)9-13-20)23(28)27(21)14-15-2-10-19(26)11-3-15/h2-13,21-22H,14H2,1H3/t21-,22-/m0/s1.